The summed E-state index contributed by atoms with van der Waals surface area (Å²) in [6.07, 6.45) is -1.02. The van der Waals surface area contributed by atoms with E-state index in [9.17, 15) is 4.79 Å². The van der Waals surface area contributed by atoms with Gasteiger partial charge in [0.1, 0.15) is 19.0 Å². The van der Waals surface area contributed by atoms with Crippen LogP contribution in [0.3, 0.4) is 0 Å². The Kier molecular flexibility index (Phi) is 6.32. The minimum absolute atomic E-state index is 0.122. The van der Waals surface area contributed by atoms with E-state index in [1.54, 1.807) is 7.11 Å². The molecule has 0 radical (unpaired) electrons. The standard InChI is InChI=1S/C14H21NO4/c1-4-12(19-14(15)16)13(18-9-17-3)11-7-5-10(2)6-8-11/h5-8,12-13H,4,9H2,1-3H3,(H2,15,16). The molecule has 1 rings (SSSR count). The summed E-state index contributed by atoms with van der Waals surface area (Å²) < 4.78 is 15.6. The van der Waals surface area contributed by atoms with Gasteiger partial charge in [-0.2, -0.15) is 0 Å². The van der Waals surface area contributed by atoms with Crippen LogP contribution in [-0.2, 0) is 14.2 Å². The van der Waals surface area contributed by atoms with Gasteiger partial charge in [-0.3, -0.25) is 0 Å². The molecular weight excluding hydrogens is 246 g/mol. The number of amides is 1. The Balaban J connectivity index is 2.91. The Morgan fingerprint density at radius 3 is 2.42 bits per heavy atom. The van der Waals surface area contributed by atoms with Crippen LogP contribution in [0.2, 0.25) is 0 Å². The monoisotopic (exact) mass is 267 g/mol. The van der Waals surface area contributed by atoms with E-state index in [1.807, 2.05) is 38.1 Å². The van der Waals surface area contributed by atoms with E-state index in [0.717, 1.165) is 11.1 Å². The Morgan fingerprint density at radius 2 is 1.95 bits per heavy atom. The minimum atomic E-state index is -0.801. The molecule has 0 heterocycles. The number of nitrogens with two attached hydrogens (primary N) is 1. The summed E-state index contributed by atoms with van der Waals surface area (Å²) >= 11 is 0. The molecule has 5 nitrogen and oxygen atoms in total. The second-order valence-electron chi connectivity index (χ2n) is 4.29. The molecule has 0 aliphatic carbocycles. The van der Waals surface area contributed by atoms with Gasteiger partial charge in [0.05, 0.1) is 0 Å². The molecule has 0 bridgehead atoms. The molecule has 0 saturated carbocycles. The fourth-order valence-electron chi connectivity index (χ4n) is 1.82. The number of carbonyl (C=O) groups excluding carboxylic acids is 1. The molecule has 0 aliphatic rings. The molecule has 2 N–H and O–H groups in total. The topological polar surface area (TPSA) is 70.8 Å². The third-order valence-electron chi connectivity index (χ3n) is 2.78. The molecule has 0 spiro atoms. The van der Waals surface area contributed by atoms with Gasteiger partial charge in [0.2, 0.25) is 0 Å². The van der Waals surface area contributed by atoms with Crippen molar-refractivity contribution in [3.8, 4) is 0 Å². The lowest BCUT2D eigenvalue weighted by Gasteiger charge is -2.26. The van der Waals surface area contributed by atoms with Crippen molar-refractivity contribution in [3.63, 3.8) is 0 Å². The maximum atomic E-state index is 10.9. The lowest BCUT2D eigenvalue weighted by Crippen LogP contribution is -2.30. The van der Waals surface area contributed by atoms with Gasteiger partial charge in [0.15, 0.2) is 0 Å². The molecule has 1 aromatic rings. The number of aryl methyl sites for hydroxylation is 1. The van der Waals surface area contributed by atoms with Gasteiger partial charge in [-0.25, -0.2) is 4.79 Å². The molecule has 1 amide bonds. The molecule has 19 heavy (non-hydrogen) atoms. The van der Waals surface area contributed by atoms with Crippen molar-refractivity contribution in [2.45, 2.75) is 32.5 Å². The van der Waals surface area contributed by atoms with Crippen LogP contribution in [0.4, 0.5) is 4.79 Å². The molecule has 2 atom stereocenters. The first-order chi connectivity index (χ1) is 9.08. The van der Waals surface area contributed by atoms with Crippen molar-refractivity contribution >= 4 is 6.09 Å². The normalized spacial score (nSPS) is 13.8. The SMILES string of the molecule is CCC(OC(N)=O)C(OCOC)c1ccc(C)cc1. The maximum Gasteiger partial charge on any atom is 0.404 e. The second-order valence-corrected chi connectivity index (χ2v) is 4.29. The van der Waals surface area contributed by atoms with Crippen molar-refractivity contribution < 1.29 is 19.0 Å². The van der Waals surface area contributed by atoms with Gasteiger partial charge in [0, 0.05) is 7.11 Å². The van der Waals surface area contributed by atoms with Gasteiger partial charge in [-0.05, 0) is 18.9 Å². The summed E-state index contributed by atoms with van der Waals surface area (Å²) in [4.78, 5) is 10.9. The molecule has 1 aromatic carbocycles. The molecule has 0 aromatic heterocycles. The second kappa shape index (κ2) is 7.76. The zero-order valence-corrected chi connectivity index (χ0v) is 11.6. The third kappa shape index (κ3) is 4.89. The van der Waals surface area contributed by atoms with Crippen LogP contribution in [0.1, 0.15) is 30.6 Å². The van der Waals surface area contributed by atoms with Crippen LogP contribution in [-0.4, -0.2) is 26.1 Å². The average Bonchev–Trinajstić information content (AvgIpc) is 2.39. The van der Waals surface area contributed by atoms with Crippen molar-refractivity contribution in [3.05, 3.63) is 35.4 Å². The molecule has 5 heteroatoms. The van der Waals surface area contributed by atoms with E-state index >= 15 is 0 Å². The fourth-order valence-corrected chi connectivity index (χ4v) is 1.82. The molecule has 106 valence electrons. The summed E-state index contributed by atoms with van der Waals surface area (Å²) in [6.45, 7) is 4.04. The number of rotatable bonds is 7. The summed E-state index contributed by atoms with van der Waals surface area (Å²) in [6, 6.07) is 7.86. The quantitative estimate of drug-likeness (QED) is 0.771. The van der Waals surface area contributed by atoms with Gasteiger partial charge in [-0.1, -0.05) is 36.8 Å². The lowest BCUT2D eigenvalue weighted by atomic mass is 10.0. The number of hydrogen-bond acceptors (Lipinski definition) is 4. The molecule has 2 unspecified atom stereocenters. The lowest BCUT2D eigenvalue weighted by molar-refractivity contribution is -0.116. The summed E-state index contributed by atoms with van der Waals surface area (Å²) in [7, 11) is 1.54. The van der Waals surface area contributed by atoms with Gasteiger partial charge >= 0.3 is 6.09 Å². The third-order valence-corrected chi connectivity index (χ3v) is 2.78. The van der Waals surface area contributed by atoms with Crippen LogP contribution >= 0.6 is 0 Å². The largest absolute Gasteiger partial charge is 0.443 e. The predicted molar refractivity (Wildman–Crippen MR) is 71.6 cm³/mol. The first-order valence-electron chi connectivity index (χ1n) is 6.21. The zero-order chi connectivity index (χ0) is 14.3. The number of methoxy groups -OCH3 is 1. The molecule has 0 aliphatic heterocycles. The van der Waals surface area contributed by atoms with Crippen LogP contribution in [0.5, 0.6) is 0 Å². The van der Waals surface area contributed by atoms with E-state index in [4.69, 9.17) is 19.9 Å². The Hall–Kier alpha value is -1.59. The van der Waals surface area contributed by atoms with E-state index in [-0.39, 0.29) is 6.79 Å². The van der Waals surface area contributed by atoms with E-state index in [2.05, 4.69) is 0 Å². The Labute approximate surface area is 113 Å². The number of benzene rings is 1. The highest BCUT2D eigenvalue weighted by molar-refractivity contribution is 5.64. The predicted octanol–water partition coefficient (Wildman–Crippen LogP) is 2.53. The van der Waals surface area contributed by atoms with Crippen LogP contribution in [0.25, 0.3) is 0 Å². The zero-order valence-electron chi connectivity index (χ0n) is 11.6. The highest BCUT2D eigenvalue weighted by Crippen LogP contribution is 2.26. The molecular formula is C14H21NO4. The number of hydrogen-bond donors (Lipinski definition) is 1. The number of primary amides is 1. The summed E-state index contributed by atoms with van der Waals surface area (Å²) in [5, 5.41) is 0. The van der Waals surface area contributed by atoms with Crippen molar-refractivity contribution in [2.75, 3.05) is 13.9 Å². The molecule has 0 saturated heterocycles. The molecule has 0 fully saturated rings. The van der Waals surface area contributed by atoms with Gasteiger partial charge in [-0.15, -0.1) is 0 Å². The van der Waals surface area contributed by atoms with Gasteiger partial charge < -0.3 is 19.9 Å². The van der Waals surface area contributed by atoms with Crippen LogP contribution in [0, 0.1) is 6.92 Å². The van der Waals surface area contributed by atoms with E-state index in [0.29, 0.717) is 6.42 Å². The van der Waals surface area contributed by atoms with Crippen LogP contribution in [0.15, 0.2) is 24.3 Å². The first-order valence-corrected chi connectivity index (χ1v) is 6.21. The number of carbonyl (C=O) groups is 1. The fraction of sp³-hybridized carbons (Fsp3) is 0.500. The van der Waals surface area contributed by atoms with Crippen LogP contribution < -0.4 is 5.73 Å². The summed E-state index contributed by atoms with van der Waals surface area (Å²) in [5.74, 6) is 0. The van der Waals surface area contributed by atoms with Crippen molar-refractivity contribution in [1.29, 1.82) is 0 Å². The van der Waals surface area contributed by atoms with Crippen molar-refractivity contribution in [1.82, 2.24) is 0 Å². The van der Waals surface area contributed by atoms with E-state index < -0.39 is 18.3 Å². The summed E-state index contributed by atoms with van der Waals surface area (Å²) in [5.41, 5.74) is 7.17. The highest BCUT2D eigenvalue weighted by Gasteiger charge is 2.25. The first kappa shape index (κ1) is 15.5. The van der Waals surface area contributed by atoms with Gasteiger partial charge in [0.25, 0.3) is 0 Å². The number of ether oxygens (including phenoxy) is 3. The smallest absolute Gasteiger partial charge is 0.404 e. The average molecular weight is 267 g/mol. The highest BCUT2D eigenvalue weighted by atomic mass is 16.7. The Bertz CT molecular complexity index is 391. The maximum absolute atomic E-state index is 10.9. The van der Waals surface area contributed by atoms with Crippen molar-refractivity contribution in [2.24, 2.45) is 5.73 Å². The van der Waals surface area contributed by atoms with E-state index in [1.165, 1.54) is 0 Å². The minimum Gasteiger partial charge on any atom is -0.443 e. The Morgan fingerprint density at radius 1 is 1.32 bits per heavy atom.